The predicted octanol–water partition coefficient (Wildman–Crippen LogP) is 2.96. The molecular formula is C21H17F3N2O5S. The second-order valence-electron chi connectivity index (χ2n) is 7.19. The van der Waals surface area contributed by atoms with Gasteiger partial charge in [0.25, 0.3) is 5.91 Å². The van der Waals surface area contributed by atoms with Gasteiger partial charge in [-0.3, -0.25) is 9.59 Å². The van der Waals surface area contributed by atoms with Gasteiger partial charge >= 0.3 is 6.18 Å². The fourth-order valence-electron chi connectivity index (χ4n) is 3.48. The third-order valence-corrected chi connectivity index (χ3v) is 7.07. The zero-order chi connectivity index (χ0) is 23.1. The minimum atomic E-state index is -4.67. The number of nitrogens with zero attached hydrogens (tertiary/aromatic N) is 2. The van der Waals surface area contributed by atoms with E-state index in [1.807, 2.05) is 0 Å². The number of piperazine rings is 1. The summed E-state index contributed by atoms with van der Waals surface area (Å²) in [5, 5.41) is 0.334. The van der Waals surface area contributed by atoms with Crippen LogP contribution in [0.2, 0.25) is 0 Å². The molecule has 11 heteroatoms. The van der Waals surface area contributed by atoms with E-state index in [0.29, 0.717) is 11.5 Å². The molecule has 2 heterocycles. The highest BCUT2D eigenvalue weighted by Crippen LogP contribution is 2.31. The third-order valence-electron chi connectivity index (χ3n) is 5.17. The number of fused-ring (bicyclic) bond motifs is 1. The Hall–Kier alpha value is -3.18. The van der Waals surface area contributed by atoms with Crippen LogP contribution in [0, 0.1) is 0 Å². The zero-order valence-corrected chi connectivity index (χ0v) is 17.3. The van der Waals surface area contributed by atoms with Crippen molar-refractivity contribution in [1.82, 2.24) is 9.21 Å². The first-order valence-corrected chi connectivity index (χ1v) is 11.0. The smallest absolute Gasteiger partial charge is 0.416 e. The molecule has 0 spiro atoms. The number of alkyl halides is 3. The van der Waals surface area contributed by atoms with Crippen LogP contribution < -0.4 is 5.43 Å². The first-order chi connectivity index (χ1) is 15.1. The van der Waals surface area contributed by atoms with Crippen molar-refractivity contribution >= 4 is 26.9 Å². The van der Waals surface area contributed by atoms with E-state index in [1.54, 1.807) is 24.3 Å². The van der Waals surface area contributed by atoms with Gasteiger partial charge in [-0.15, -0.1) is 0 Å². The molecule has 0 radical (unpaired) electrons. The molecule has 2 aromatic carbocycles. The number of hydrogen-bond acceptors (Lipinski definition) is 5. The Labute approximate surface area is 180 Å². The number of hydrogen-bond donors (Lipinski definition) is 0. The highest BCUT2D eigenvalue weighted by atomic mass is 32.2. The summed E-state index contributed by atoms with van der Waals surface area (Å²) in [5.74, 6) is -0.730. The lowest BCUT2D eigenvalue weighted by Crippen LogP contribution is -2.50. The number of carbonyl (C=O) groups excluding carboxylic acids is 1. The van der Waals surface area contributed by atoms with Crippen LogP contribution in [0.25, 0.3) is 11.0 Å². The van der Waals surface area contributed by atoms with E-state index in [4.69, 9.17) is 4.42 Å². The first kappa shape index (κ1) is 22.0. The first-order valence-electron chi connectivity index (χ1n) is 9.57. The van der Waals surface area contributed by atoms with Gasteiger partial charge in [0.1, 0.15) is 5.58 Å². The maximum atomic E-state index is 12.9. The van der Waals surface area contributed by atoms with E-state index in [-0.39, 0.29) is 43.0 Å². The summed E-state index contributed by atoms with van der Waals surface area (Å²) in [6.45, 7) is -0.231. The Morgan fingerprint density at radius 2 is 1.62 bits per heavy atom. The molecule has 1 aliphatic heterocycles. The summed E-state index contributed by atoms with van der Waals surface area (Å²) >= 11 is 0. The second kappa shape index (κ2) is 8.06. The Kier molecular flexibility index (Phi) is 5.55. The van der Waals surface area contributed by atoms with E-state index in [2.05, 4.69) is 0 Å². The van der Waals surface area contributed by atoms with Gasteiger partial charge in [0, 0.05) is 32.2 Å². The van der Waals surface area contributed by atoms with Crippen molar-refractivity contribution in [2.45, 2.75) is 11.1 Å². The molecule has 168 valence electrons. The van der Waals surface area contributed by atoms with E-state index < -0.39 is 32.6 Å². The van der Waals surface area contributed by atoms with Crippen LogP contribution in [0.3, 0.4) is 0 Å². The third kappa shape index (κ3) is 4.13. The lowest BCUT2D eigenvalue weighted by molar-refractivity contribution is -0.137. The minimum Gasteiger partial charge on any atom is -0.451 e. The number of halogens is 3. The minimum absolute atomic E-state index is 0.00639. The van der Waals surface area contributed by atoms with Crippen LogP contribution in [0.1, 0.15) is 16.1 Å². The average Bonchev–Trinajstić information content (AvgIpc) is 2.78. The zero-order valence-electron chi connectivity index (χ0n) is 16.5. The van der Waals surface area contributed by atoms with Gasteiger partial charge in [-0.25, -0.2) is 8.42 Å². The number of carbonyl (C=O) groups is 1. The topological polar surface area (TPSA) is 87.9 Å². The highest BCUT2D eigenvalue weighted by Gasteiger charge is 2.35. The molecule has 0 atom stereocenters. The molecule has 0 bridgehead atoms. The highest BCUT2D eigenvalue weighted by molar-refractivity contribution is 7.89. The summed E-state index contributed by atoms with van der Waals surface area (Å²) < 4.78 is 71.0. The normalized spacial score (nSPS) is 15.8. The SMILES string of the molecule is O=C(c1cc(=O)c2ccccc2o1)N1CCN(S(=O)(=O)c2cccc(C(F)(F)F)c2)CC1. The van der Waals surface area contributed by atoms with Gasteiger partial charge in [-0.1, -0.05) is 18.2 Å². The second-order valence-corrected chi connectivity index (χ2v) is 9.13. The molecule has 3 aromatic rings. The quantitative estimate of drug-likeness (QED) is 0.592. The van der Waals surface area contributed by atoms with E-state index in [9.17, 15) is 31.2 Å². The Morgan fingerprint density at radius 1 is 0.938 bits per heavy atom. The fraction of sp³-hybridized carbons (Fsp3) is 0.238. The van der Waals surface area contributed by atoms with Gasteiger partial charge < -0.3 is 9.32 Å². The number of amides is 1. The van der Waals surface area contributed by atoms with Gasteiger partial charge in [-0.2, -0.15) is 17.5 Å². The van der Waals surface area contributed by atoms with E-state index in [0.717, 1.165) is 28.6 Å². The summed E-state index contributed by atoms with van der Waals surface area (Å²) in [6.07, 6.45) is -4.67. The Balaban J connectivity index is 1.51. The maximum Gasteiger partial charge on any atom is 0.416 e. The van der Waals surface area contributed by atoms with Gasteiger partial charge in [0.05, 0.1) is 15.8 Å². The van der Waals surface area contributed by atoms with Crippen molar-refractivity contribution < 1.29 is 30.8 Å². The number of benzene rings is 2. The Bertz CT molecular complexity index is 1340. The van der Waals surface area contributed by atoms with Crippen molar-refractivity contribution in [2.24, 2.45) is 0 Å². The summed E-state index contributed by atoms with van der Waals surface area (Å²) in [5.41, 5.74) is -1.17. The monoisotopic (exact) mass is 466 g/mol. The molecule has 4 rings (SSSR count). The molecule has 0 unspecified atom stereocenters. The molecule has 0 aliphatic carbocycles. The van der Waals surface area contributed by atoms with Gasteiger partial charge in [0.15, 0.2) is 11.2 Å². The van der Waals surface area contributed by atoms with Crippen LogP contribution in [-0.2, 0) is 16.2 Å². The molecule has 0 N–H and O–H groups in total. The van der Waals surface area contributed by atoms with E-state index >= 15 is 0 Å². The Morgan fingerprint density at radius 3 is 2.31 bits per heavy atom. The molecule has 1 aliphatic rings. The molecule has 7 nitrogen and oxygen atoms in total. The molecule has 32 heavy (non-hydrogen) atoms. The summed E-state index contributed by atoms with van der Waals surface area (Å²) in [6, 6.07) is 11.1. The number of rotatable bonds is 3. The van der Waals surface area contributed by atoms with Crippen molar-refractivity contribution in [3.05, 3.63) is 76.1 Å². The largest absolute Gasteiger partial charge is 0.451 e. The molecular weight excluding hydrogens is 449 g/mol. The van der Waals surface area contributed by atoms with Crippen molar-refractivity contribution in [1.29, 1.82) is 0 Å². The predicted molar refractivity (Wildman–Crippen MR) is 109 cm³/mol. The standard InChI is InChI=1S/C21H17F3N2O5S/c22-21(23,24)14-4-3-5-15(12-14)32(29,30)26-10-8-25(9-11-26)20(28)19-13-17(27)16-6-1-2-7-18(16)31-19/h1-7,12-13H,8-11H2. The van der Waals surface area contributed by atoms with Crippen molar-refractivity contribution in [3.8, 4) is 0 Å². The fourth-order valence-corrected chi connectivity index (χ4v) is 4.95. The van der Waals surface area contributed by atoms with Crippen LogP contribution >= 0.6 is 0 Å². The average molecular weight is 466 g/mol. The van der Waals surface area contributed by atoms with Crippen molar-refractivity contribution in [2.75, 3.05) is 26.2 Å². The molecule has 1 aromatic heterocycles. The lowest BCUT2D eigenvalue weighted by Gasteiger charge is -2.33. The number of para-hydroxylation sites is 1. The van der Waals surface area contributed by atoms with Crippen LogP contribution in [0.15, 0.2) is 68.7 Å². The van der Waals surface area contributed by atoms with Gasteiger partial charge in [-0.05, 0) is 30.3 Å². The van der Waals surface area contributed by atoms with Crippen LogP contribution in [0.5, 0.6) is 0 Å². The number of sulfonamides is 1. The summed E-state index contributed by atoms with van der Waals surface area (Å²) in [7, 11) is -4.17. The molecule has 0 saturated carbocycles. The molecule has 1 saturated heterocycles. The maximum absolute atomic E-state index is 12.9. The van der Waals surface area contributed by atoms with Crippen LogP contribution in [-0.4, -0.2) is 49.7 Å². The molecule has 1 fully saturated rings. The molecule has 1 amide bonds. The van der Waals surface area contributed by atoms with Crippen LogP contribution in [0.4, 0.5) is 13.2 Å². The lowest BCUT2D eigenvalue weighted by atomic mass is 10.2. The van der Waals surface area contributed by atoms with E-state index in [1.165, 1.54) is 4.90 Å². The summed E-state index contributed by atoms with van der Waals surface area (Å²) in [4.78, 5) is 25.9. The van der Waals surface area contributed by atoms with Gasteiger partial charge in [0.2, 0.25) is 10.0 Å². The van der Waals surface area contributed by atoms with Crippen molar-refractivity contribution in [3.63, 3.8) is 0 Å².